The average Bonchev–Trinajstić information content (AvgIpc) is 3.22. The van der Waals surface area contributed by atoms with E-state index in [1.807, 2.05) is 35.0 Å². The Balaban J connectivity index is 1.84. The van der Waals surface area contributed by atoms with Gasteiger partial charge < -0.3 is 4.84 Å². The lowest BCUT2D eigenvalue weighted by Gasteiger charge is -2.02. The van der Waals surface area contributed by atoms with Gasteiger partial charge in [0.1, 0.15) is 5.71 Å². The van der Waals surface area contributed by atoms with Crippen LogP contribution < -0.4 is 0 Å². The van der Waals surface area contributed by atoms with E-state index in [4.69, 9.17) is 16.4 Å². The van der Waals surface area contributed by atoms with Crippen molar-refractivity contribution >= 4 is 46.0 Å². The Morgan fingerprint density at radius 3 is 2.05 bits per heavy atom. The molecule has 3 rings (SSSR count). The molecule has 0 radical (unpaired) electrons. The predicted octanol–water partition coefficient (Wildman–Crippen LogP) is 5.07. The molecule has 0 aliphatic carbocycles. The van der Waals surface area contributed by atoms with Gasteiger partial charge in [-0.05, 0) is 47.2 Å². The molecule has 0 aliphatic rings. The van der Waals surface area contributed by atoms with Crippen molar-refractivity contribution in [2.75, 3.05) is 0 Å². The van der Waals surface area contributed by atoms with E-state index >= 15 is 0 Å². The zero-order valence-corrected chi connectivity index (χ0v) is 13.6. The molecule has 1 aromatic carbocycles. The first-order valence-electron chi connectivity index (χ1n) is 6.37. The summed E-state index contributed by atoms with van der Waals surface area (Å²) in [5.41, 5.74) is 1.07. The Hall–Kier alpha value is -1.95. The van der Waals surface area contributed by atoms with Gasteiger partial charge in [0.05, 0.1) is 15.3 Å². The molecular formula is C16H10ClNO2S2. The van der Waals surface area contributed by atoms with E-state index in [2.05, 4.69) is 5.16 Å². The molecule has 22 heavy (non-hydrogen) atoms. The number of carbonyl (C=O) groups excluding carboxylic acids is 1. The summed E-state index contributed by atoms with van der Waals surface area (Å²) < 4.78 is 0. The number of hydrogen-bond donors (Lipinski definition) is 0. The third-order valence-corrected chi connectivity index (χ3v) is 4.81. The highest BCUT2D eigenvalue weighted by molar-refractivity contribution is 7.15. The quantitative estimate of drug-likeness (QED) is 0.375. The monoisotopic (exact) mass is 347 g/mol. The number of oxime groups is 1. The zero-order chi connectivity index (χ0) is 15.4. The fourth-order valence-electron chi connectivity index (χ4n) is 1.76. The second kappa shape index (κ2) is 6.87. The maximum Gasteiger partial charge on any atom is 0.365 e. The largest absolute Gasteiger partial charge is 0.365 e. The van der Waals surface area contributed by atoms with Gasteiger partial charge in [0.15, 0.2) is 0 Å². The van der Waals surface area contributed by atoms with Gasteiger partial charge in [-0.2, -0.15) is 0 Å². The first kappa shape index (κ1) is 15.0. The van der Waals surface area contributed by atoms with Crippen LogP contribution in [0.15, 0.2) is 64.4 Å². The fourth-order valence-corrected chi connectivity index (χ4v) is 3.39. The van der Waals surface area contributed by atoms with Crippen molar-refractivity contribution in [3.63, 3.8) is 0 Å². The van der Waals surface area contributed by atoms with Crippen molar-refractivity contribution in [2.24, 2.45) is 5.16 Å². The zero-order valence-electron chi connectivity index (χ0n) is 11.2. The van der Waals surface area contributed by atoms with E-state index in [1.54, 1.807) is 46.9 Å². The van der Waals surface area contributed by atoms with E-state index in [9.17, 15) is 4.79 Å². The van der Waals surface area contributed by atoms with Crippen molar-refractivity contribution < 1.29 is 9.63 Å². The summed E-state index contributed by atoms with van der Waals surface area (Å²) in [6.45, 7) is 0. The van der Waals surface area contributed by atoms with Gasteiger partial charge in [-0.25, -0.2) is 4.79 Å². The molecule has 0 aliphatic heterocycles. The lowest BCUT2D eigenvalue weighted by atomic mass is 10.2. The molecule has 6 heteroatoms. The van der Waals surface area contributed by atoms with Gasteiger partial charge in [0.2, 0.25) is 0 Å². The predicted molar refractivity (Wildman–Crippen MR) is 91.1 cm³/mol. The summed E-state index contributed by atoms with van der Waals surface area (Å²) in [6.07, 6.45) is 0. The Morgan fingerprint density at radius 2 is 1.55 bits per heavy atom. The van der Waals surface area contributed by atoms with Crippen molar-refractivity contribution in [2.45, 2.75) is 0 Å². The molecule has 3 nitrogen and oxygen atoms in total. The number of carbonyl (C=O) groups is 1. The van der Waals surface area contributed by atoms with E-state index in [1.165, 1.54) is 0 Å². The van der Waals surface area contributed by atoms with Crippen LogP contribution in [0, 0.1) is 0 Å². The summed E-state index contributed by atoms with van der Waals surface area (Å²) in [6, 6.07) is 14.3. The third kappa shape index (κ3) is 3.44. The second-order valence-corrected chi connectivity index (χ2v) is 6.61. The summed E-state index contributed by atoms with van der Waals surface area (Å²) >= 11 is 8.89. The highest BCUT2D eigenvalue weighted by Crippen LogP contribution is 2.20. The Bertz CT molecular complexity index is 742. The van der Waals surface area contributed by atoms with Crippen LogP contribution in [0.4, 0.5) is 0 Å². The molecule has 2 aromatic heterocycles. The van der Waals surface area contributed by atoms with Crippen molar-refractivity contribution in [3.05, 3.63) is 79.6 Å². The minimum atomic E-state index is -0.512. The molecule has 0 fully saturated rings. The Kier molecular flexibility index (Phi) is 4.68. The number of hydrogen-bond acceptors (Lipinski definition) is 5. The van der Waals surface area contributed by atoms with E-state index in [0.717, 1.165) is 9.75 Å². The molecule has 0 N–H and O–H groups in total. The first-order valence-corrected chi connectivity index (χ1v) is 8.50. The van der Waals surface area contributed by atoms with E-state index < -0.39 is 5.97 Å². The molecule has 0 bridgehead atoms. The SMILES string of the molecule is O=C(ON=C(c1cccs1)c1cccs1)c1ccc(Cl)cc1. The number of benzene rings is 1. The van der Waals surface area contributed by atoms with Gasteiger partial charge in [-0.3, -0.25) is 0 Å². The fraction of sp³-hybridized carbons (Fsp3) is 0. The maximum atomic E-state index is 12.0. The van der Waals surface area contributed by atoms with Crippen molar-refractivity contribution in [3.8, 4) is 0 Å². The van der Waals surface area contributed by atoms with Crippen molar-refractivity contribution in [1.29, 1.82) is 0 Å². The second-order valence-electron chi connectivity index (χ2n) is 4.28. The number of nitrogens with zero attached hydrogens (tertiary/aromatic N) is 1. The lowest BCUT2D eigenvalue weighted by molar-refractivity contribution is 0.0517. The number of rotatable bonds is 4. The smallest absolute Gasteiger partial charge is 0.312 e. The van der Waals surface area contributed by atoms with E-state index in [-0.39, 0.29) is 0 Å². The van der Waals surface area contributed by atoms with Gasteiger partial charge >= 0.3 is 5.97 Å². The minimum Gasteiger partial charge on any atom is -0.312 e. The molecule has 110 valence electrons. The van der Waals surface area contributed by atoms with Crippen LogP contribution in [-0.4, -0.2) is 11.7 Å². The summed E-state index contributed by atoms with van der Waals surface area (Å²) in [5, 5.41) is 8.55. The maximum absolute atomic E-state index is 12.0. The number of thiophene rings is 2. The highest BCUT2D eigenvalue weighted by atomic mass is 35.5. The molecule has 0 atom stereocenters. The van der Waals surface area contributed by atoms with Gasteiger partial charge in [-0.1, -0.05) is 28.9 Å². The van der Waals surface area contributed by atoms with Crippen LogP contribution in [0.2, 0.25) is 5.02 Å². The average molecular weight is 348 g/mol. The summed E-state index contributed by atoms with van der Waals surface area (Å²) in [4.78, 5) is 19.0. The van der Waals surface area contributed by atoms with Crippen LogP contribution in [0.25, 0.3) is 0 Å². The molecule has 0 unspecified atom stereocenters. The number of halogens is 1. The molecular weight excluding hydrogens is 338 g/mol. The Labute approximate surface area is 140 Å². The molecule has 0 saturated carbocycles. The van der Waals surface area contributed by atoms with Crippen LogP contribution in [0.5, 0.6) is 0 Å². The van der Waals surface area contributed by atoms with Gasteiger partial charge in [0.25, 0.3) is 0 Å². The molecule has 0 spiro atoms. The van der Waals surface area contributed by atoms with Crippen LogP contribution in [-0.2, 0) is 4.84 Å². The van der Waals surface area contributed by atoms with Gasteiger partial charge in [0, 0.05) is 5.02 Å². The Morgan fingerprint density at radius 1 is 0.955 bits per heavy atom. The lowest BCUT2D eigenvalue weighted by Crippen LogP contribution is -2.05. The van der Waals surface area contributed by atoms with Gasteiger partial charge in [-0.15, -0.1) is 22.7 Å². The van der Waals surface area contributed by atoms with E-state index in [0.29, 0.717) is 16.3 Å². The third-order valence-electron chi connectivity index (χ3n) is 2.81. The normalized spacial score (nSPS) is 10.2. The van der Waals surface area contributed by atoms with Crippen LogP contribution >= 0.6 is 34.3 Å². The minimum absolute atomic E-state index is 0.407. The molecule has 2 heterocycles. The topological polar surface area (TPSA) is 38.7 Å². The van der Waals surface area contributed by atoms with Crippen LogP contribution in [0.1, 0.15) is 20.1 Å². The van der Waals surface area contributed by atoms with Crippen LogP contribution in [0.3, 0.4) is 0 Å². The highest BCUT2D eigenvalue weighted by Gasteiger charge is 2.13. The van der Waals surface area contributed by atoms with Crippen molar-refractivity contribution in [1.82, 2.24) is 0 Å². The molecule has 0 amide bonds. The summed E-state index contributed by atoms with van der Waals surface area (Å²) in [5.74, 6) is -0.512. The first-order chi connectivity index (χ1) is 10.7. The summed E-state index contributed by atoms with van der Waals surface area (Å²) in [7, 11) is 0. The molecule has 0 saturated heterocycles. The molecule has 3 aromatic rings. The standard InChI is InChI=1S/C16H10ClNO2S2/c17-12-7-5-11(6-8-12)16(19)20-18-15(13-3-1-9-21-13)14-4-2-10-22-14/h1-10H.